The fourth-order valence-electron chi connectivity index (χ4n) is 2.18. The minimum atomic E-state index is -3.14. The largest absolute Gasteiger partial charge is 0.444 e. The highest BCUT2D eigenvalue weighted by molar-refractivity contribution is 7.89. The highest BCUT2D eigenvalue weighted by atomic mass is 32.2. The summed E-state index contributed by atoms with van der Waals surface area (Å²) in [5.74, 6) is 0.166. The SMILES string of the molecule is CCCS(=O)(=O)NCCN1CCN(C(=O)OC(C)(C)C)CC1. The molecule has 130 valence electrons. The molecule has 1 rings (SSSR count). The van der Waals surface area contributed by atoms with Crippen LogP contribution in [0.1, 0.15) is 34.1 Å². The molecular formula is C14H29N3O4S. The summed E-state index contributed by atoms with van der Waals surface area (Å²) in [4.78, 5) is 15.8. The topological polar surface area (TPSA) is 79.0 Å². The Morgan fingerprint density at radius 1 is 1.18 bits per heavy atom. The third kappa shape index (κ3) is 7.42. The number of ether oxygens (including phenoxy) is 1. The minimum Gasteiger partial charge on any atom is -0.444 e. The lowest BCUT2D eigenvalue weighted by Crippen LogP contribution is -2.51. The number of nitrogens with zero attached hydrogens (tertiary/aromatic N) is 2. The second kappa shape index (κ2) is 8.12. The number of hydrogen-bond acceptors (Lipinski definition) is 5. The summed E-state index contributed by atoms with van der Waals surface area (Å²) in [5.41, 5.74) is -0.480. The molecule has 0 aliphatic carbocycles. The van der Waals surface area contributed by atoms with E-state index in [0.717, 1.165) is 13.1 Å². The van der Waals surface area contributed by atoms with Crippen LogP contribution in [0.3, 0.4) is 0 Å². The summed E-state index contributed by atoms with van der Waals surface area (Å²) in [6.07, 6.45) is 0.333. The third-order valence-electron chi connectivity index (χ3n) is 3.25. The molecule has 1 N–H and O–H groups in total. The number of rotatable bonds is 6. The smallest absolute Gasteiger partial charge is 0.410 e. The zero-order chi connectivity index (χ0) is 16.8. The van der Waals surface area contributed by atoms with E-state index in [-0.39, 0.29) is 11.8 Å². The van der Waals surface area contributed by atoms with Gasteiger partial charge >= 0.3 is 6.09 Å². The van der Waals surface area contributed by atoms with Gasteiger partial charge in [-0.05, 0) is 27.2 Å². The van der Waals surface area contributed by atoms with E-state index in [0.29, 0.717) is 32.6 Å². The van der Waals surface area contributed by atoms with Gasteiger partial charge in [-0.1, -0.05) is 6.92 Å². The minimum absolute atomic E-state index is 0.166. The maximum atomic E-state index is 11.9. The molecule has 7 nitrogen and oxygen atoms in total. The Morgan fingerprint density at radius 2 is 1.77 bits per heavy atom. The molecule has 8 heteroatoms. The summed E-state index contributed by atoms with van der Waals surface area (Å²) in [5, 5.41) is 0. The molecule has 0 atom stereocenters. The van der Waals surface area contributed by atoms with Gasteiger partial charge in [0.05, 0.1) is 5.75 Å². The molecule has 0 aromatic heterocycles. The number of nitrogens with one attached hydrogen (secondary N) is 1. The van der Waals surface area contributed by atoms with Crippen LogP contribution in [0.4, 0.5) is 4.79 Å². The van der Waals surface area contributed by atoms with E-state index >= 15 is 0 Å². The predicted molar refractivity (Wildman–Crippen MR) is 86.3 cm³/mol. The van der Waals surface area contributed by atoms with E-state index in [1.54, 1.807) is 4.90 Å². The summed E-state index contributed by atoms with van der Waals surface area (Å²) in [6.45, 7) is 11.1. The van der Waals surface area contributed by atoms with Crippen molar-refractivity contribution in [3.8, 4) is 0 Å². The molecule has 0 spiro atoms. The molecule has 1 heterocycles. The first-order valence-electron chi connectivity index (χ1n) is 7.80. The lowest BCUT2D eigenvalue weighted by Gasteiger charge is -2.35. The van der Waals surface area contributed by atoms with Gasteiger partial charge in [0.1, 0.15) is 5.60 Å². The molecule has 0 bridgehead atoms. The number of piperazine rings is 1. The van der Waals surface area contributed by atoms with E-state index in [9.17, 15) is 13.2 Å². The second-order valence-corrected chi connectivity index (χ2v) is 8.45. The molecule has 1 aliphatic rings. The number of sulfonamides is 1. The number of amides is 1. The van der Waals surface area contributed by atoms with Crippen molar-refractivity contribution in [1.82, 2.24) is 14.5 Å². The average Bonchev–Trinajstić information content (AvgIpc) is 2.37. The van der Waals surface area contributed by atoms with E-state index < -0.39 is 15.6 Å². The molecule has 22 heavy (non-hydrogen) atoms. The monoisotopic (exact) mass is 335 g/mol. The Bertz CT molecular complexity index is 451. The Morgan fingerprint density at radius 3 is 2.27 bits per heavy atom. The van der Waals surface area contributed by atoms with Crippen LogP contribution in [-0.4, -0.2) is 74.9 Å². The first-order chi connectivity index (χ1) is 10.1. The van der Waals surface area contributed by atoms with E-state index in [1.165, 1.54) is 0 Å². The fraction of sp³-hybridized carbons (Fsp3) is 0.929. The predicted octanol–water partition coefficient (Wildman–Crippen LogP) is 0.869. The van der Waals surface area contributed by atoms with E-state index in [4.69, 9.17) is 4.74 Å². The van der Waals surface area contributed by atoms with Crippen molar-refractivity contribution in [2.24, 2.45) is 0 Å². The van der Waals surface area contributed by atoms with Crippen LogP contribution in [0.5, 0.6) is 0 Å². The number of carbonyl (C=O) groups is 1. The van der Waals surface area contributed by atoms with Gasteiger partial charge in [-0.25, -0.2) is 17.9 Å². The normalized spacial score (nSPS) is 17.5. The van der Waals surface area contributed by atoms with Crippen LogP contribution in [0.25, 0.3) is 0 Å². The number of carbonyl (C=O) groups excluding carboxylic acids is 1. The summed E-state index contributed by atoms with van der Waals surface area (Å²) in [7, 11) is -3.14. The van der Waals surface area contributed by atoms with Gasteiger partial charge < -0.3 is 9.64 Å². The van der Waals surface area contributed by atoms with Crippen LogP contribution < -0.4 is 4.72 Å². The maximum Gasteiger partial charge on any atom is 0.410 e. The molecule has 1 amide bonds. The molecular weight excluding hydrogens is 306 g/mol. The molecule has 1 aliphatic heterocycles. The Hall–Kier alpha value is -0.860. The average molecular weight is 335 g/mol. The van der Waals surface area contributed by atoms with E-state index in [1.807, 2.05) is 27.7 Å². The molecule has 0 aromatic rings. The van der Waals surface area contributed by atoms with Gasteiger partial charge in [0, 0.05) is 39.3 Å². The van der Waals surface area contributed by atoms with Gasteiger partial charge in [0.2, 0.25) is 10.0 Å². The van der Waals surface area contributed by atoms with Gasteiger partial charge in [-0.2, -0.15) is 0 Å². The zero-order valence-corrected chi connectivity index (χ0v) is 14.9. The van der Waals surface area contributed by atoms with Crippen molar-refractivity contribution in [1.29, 1.82) is 0 Å². The molecule has 0 saturated carbocycles. The van der Waals surface area contributed by atoms with Crippen molar-refractivity contribution in [2.75, 3.05) is 45.0 Å². The quantitative estimate of drug-likeness (QED) is 0.779. The van der Waals surface area contributed by atoms with Gasteiger partial charge in [0.15, 0.2) is 0 Å². The van der Waals surface area contributed by atoms with Crippen molar-refractivity contribution in [3.05, 3.63) is 0 Å². The van der Waals surface area contributed by atoms with Gasteiger partial charge in [-0.15, -0.1) is 0 Å². The molecule has 0 unspecified atom stereocenters. The summed E-state index contributed by atoms with van der Waals surface area (Å²) in [6, 6.07) is 0. The molecule has 0 aromatic carbocycles. The Balaban J connectivity index is 2.27. The second-order valence-electron chi connectivity index (χ2n) is 6.52. The molecule has 1 saturated heterocycles. The first-order valence-corrected chi connectivity index (χ1v) is 9.46. The lowest BCUT2D eigenvalue weighted by molar-refractivity contribution is 0.0147. The highest BCUT2D eigenvalue weighted by Gasteiger charge is 2.25. The maximum absolute atomic E-state index is 11.9. The summed E-state index contributed by atoms with van der Waals surface area (Å²) >= 11 is 0. The van der Waals surface area contributed by atoms with Crippen LogP contribution in [0.2, 0.25) is 0 Å². The van der Waals surface area contributed by atoms with Gasteiger partial charge in [0.25, 0.3) is 0 Å². The van der Waals surface area contributed by atoms with Crippen LogP contribution >= 0.6 is 0 Å². The first kappa shape index (κ1) is 19.2. The Kier molecular flexibility index (Phi) is 7.08. The van der Waals surface area contributed by atoms with Crippen LogP contribution in [0.15, 0.2) is 0 Å². The third-order valence-corrected chi connectivity index (χ3v) is 4.84. The van der Waals surface area contributed by atoms with Crippen molar-refractivity contribution in [2.45, 2.75) is 39.7 Å². The summed E-state index contributed by atoms with van der Waals surface area (Å²) < 4.78 is 31.0. The van der Waals surface area contributed by atoms with E-state index in [2.05, 4.69) is 9.62 Å². The van der Waals surface area contributed by atoms with Crippen LogP contribution in [0, 0.1) is 0 Å². The zero-order valence-electron chi connectivity index (χ0n) is 14.1. The molecule has 1 fully saturated rings. The van der Waals surface area contributed by atoms with Crippen molar-refractivity contribution in [3.63, 3.8) is 0 Å². The number of hydrogen-bond donors (Lipinski definition) is 1. The standard InChI is InChI=1S/C14H29N3O4S/c1-5-12-22(19,20)15-6-7-16-8-10-17(11-9-16)13(18)21-14(2,3)4/h15H,5-12H2,1-4H3. The lowest BCUT2D eigenvalue weighted by atomic mass is 10.2. The van der Waals surface area contributed by atoms with Crippen molar-refractivity contribution < 1.29 is 17.9 Å². The van der Waals surface area contributed by atoms with Crippen LogP contribution in [-0.2, 0) is 14.8 Å². The van der Waals surface area contributed by atoms with Crippen molar-refractivity contribution >= 4 is 16.1 Å². The molecule has 0 radical (unpaired) electrons. The Labute approximate surface area is 134 Å². The fourth-order valence-corrected chi connectivity index (χ4v) is 3.26. The highest BCUT2D eigenvalue weighted by Crippen LogP contribution is 2.11. The van der Waals surface area contributed by atoms with Gasteiger partial charge in [-0.3, -0.25) is 4.90 Å².